The van der Waals surface area contributed by atoms with Crippen molar-refractivity contribution in [3.05, 3.63) is 0 Å². The fourth-order valence-electron chi connectivity index (χ4n) is 5.42. The number of likely N-dealkylation sites (N-methyl/N-ethyl adjacent to an activating group) is 1. The van der Waals surface area contributed by atoms with Gasteiger partial charge in [0, 0.05) is 25.9 Å². The molecule has 2 amide bonds. The van der Waals surface area contributed by atoms with Crippen LogP contribution in [-0.4, -0.2) is 60.0 Å². The van der Waals surface area contributed by atoms with E-state index in [1.165, 1.54) is 0 Å². The van der Waals surface area contributed by atoms with Gasteiger partial charge >= 0.3 is 0 Å². The highest BCUT2D eigenvalue weighted by molar-refractivity contribution is 5.84. The van der Waals surface area contributed by atoms with E-state index in [2.05, 4.69) is 11.8 Å². The fourth-order valence-corrected chi connectivity index (χ4v) is 5.42. The summed E-state index contributed by atoms with van der Waals surface area (Å²) >= 11 is 0. The average Bonchev–Trinajstić information content (AvgIpc) is 2.86. The summed E-state index contributed by atoms with van der Waals surface area (Å²) in [6.45, 7) is 4.54. The van der Waals surface area contributed by atoms with Crippen molar-refractivity contribution in [2.75, 3.05) is 26.8 Å². The summed E-state index contributed by atoms with van der Waals surface area (Å²) < 4.78 is 5.43. The van der Waals surface area contributed by atoms with Crippen LogP contribution in [0.2, 0.25) is 0 Å². The van der Waals surface area contributed by atoms with Gasteiger partial charge in [-0.05, 0) is 37.5 Å². The Balaban J connectivity index is 1.57. The topological polar surface area (TPSA) is 49.9 Å². The quantitative estimate of drug-likeness (QED) is 0.772. The number of nitrogens with zero attached hydrogens (tertiary/aromatic N) is 2. The number of hydrogen-bond acceptors (Lipinski definition) is 3. The second-order valence-electron chi connectivity index (χ2n) is 7.51. The summed E-state index contributed by atoms with van der Waals surface area (Å²) in [4.78, 5) is 29.2. The molecule has 1 spiro atoms. The van der Waals surface area contributed by atoms with Crippen molar-refractivity contribution < 1.29 is 14.3 Å². The summed E-state index contributed by atoms with van der Waals surface area (Å²) in [5.41, 5.74) is -0.111. The van der Waals surface area contributed by atoms with Crippen molar-refractivity contribution >= 4 is 11.8 Å². The highest BCUT2D eigenvalue weighted by Gasteiger charge is 2.61. The maximum absolute atomic E-state index is 13.0. The molecular weight excluding hydrogens is 280 g/mol. The molecule has 3 saturated heterocycles. The van der Waals surface area contributed by atoms with Crippen molar-refractivity contribution in [1.82, 2.24) is 9.80 Å². The molecule has 0 aromatic heterocycles. The molecule has 4 aliphatic rings. The minimum Gasteiger partial charge on any atom is -0.381 e. The number of amides is 2. The number of fused-ring (bicyclic) bond motifs is 1. The standard InChI is InChI=1S/C17H26N2O3/c1-3-13-17(7-5-14(20)18(17)2)6-4-8-19(13)16(21)15-11-9-22-10-12(11)15/h11-13,15H,3-10H2,1-2H3/t11-,12+,13-,15?,17+/m1/s1. The normalized spacial score (nSPS) is 43.8. The Morgan fingerprint density at radius 1 is 1.32 bits per heavy atom. The van der Waals surface area contributed by atoms with Gasteiger partial charge in [0.15, 0.2) is 0 Å². The monoisotopic (exact) mass is 306 g/mol. The van der Waals surface area contributed by atoms with Crippen LogP contribution in [0.15, 0.2) is 0 Å². The summed E-state index contributed by atoms with van der Waals surface area (Å²) in [5.74, 6) is 1.69. The summed E-state index contributed by atoms with van der Waals surface area (Å²) in [6, 6.07) is 0.187. The van der Waals surface area contributed by atoms with Gasteiger partial charge in [-0.25, -0.2) is 0 Å². The minimum atomic E-state index is -0.111. The van der Waals surface area contributed by atoms with Crippen LogP contribution in [-0.2, 0) is 14.3 Å². The van der Waals surface area contributed by atoms with Crippen LogP contribution in [0.3, 0.4) is 0 Å². The Kier molecular flexibility index (Phi) is 3.26. The second kappa shape index (κ2) is 4.95. The molecule has 0 aromatic carbocycles. The number of likely N-dealkylation sites (tertiary alicyclic amines) is 2. The first kappa shape index (κ1) is 14.5. The van der Waals surface area contributed by atoms with Crippen LogP contribution in [0, 0.1) is 17.8 Å². The van der Waals surface area contributed by atoms with Gasteiger partial charge < -0.3 is 14.5 Å². The molecule has 0 aromatic rings. The van der Waals surface area contributed by atoms with Gasteiger partial charge in [-0.15, -0.1) is 0 Å². The van der Waals surface area contributed by atoms with Gasteiger partial charge in [-0.3, -0.25) is 9.59 Å². The highest BCUT2D eigenvalue weighted by Crippen LogP contribution is 2.53. The molecule has 0 N–H and O–H groups in total. The zero-order valence-electron chi connectivity index (χ0n) is 13.6. The predicted molar refractivity (Wildman–Crippen MR) is 81.1 cm³/mol. The van der Waals surface area contributed by atoms with E-state index in [4.69, 9.17) is 4.74 Å². The molecule has 1 aliphatic carbocycles. The Labute approximate surface area is 132 Å². The van der Waals surface area contributed by atoms with Crippen molar-refractivity contribution in [2.24, 2.45) is 17.8 Å². The molecule has 3 aliphatic heterocycles. The molecule has 4 rings (SSSR count). The molecule has 1 saturated carbocycles. The van der Waals surface area contributed by atoms with Gasteiger partial charge in [-0.1, -0.05) is 6.92 Å². The van der Waals surface area contributed by atoms with Crippen LogP contribution in [0.1, 0.15) is 39.0 Å². The zero-order chi connectivity index (χ0) is 15.5. The third-order valence-electron chi connectivity index (χ3n) is 6.73. The van der Waals surface area contributed by atoms with Gasteiger partial charge in [0.1, 0.15) is 0 Å². The summed E-state index contributed by atoms with van der Waals surface area (Å²) in [5, 5.41) is 0. The van der Waals surface area contributed by atoms with Crippen LogP contribution in [0.5, 0.6) is 0 Å². The Morgan fingerprint density at radius 3 is 2.64 bits per heavy atom. The third-order valence-corrected chi connectivity index (χ3v) is 6.73. The van der Waals surface area contributed by atoms with Crippen molar-refractivity contribution in [3.63, 3.8) is 0 Å². The van der Waals surface area contributed by atoms with Crippen molar-refractivity contribution in [3.8, 4) is 0 Å². The molecule has 5 nitrogen and oxygen atoms in total. The van der Waals surface area contributed by atoms with Crippen LogP contribution < -0.4 is 0 Å². The van der Waals surface area contributed by atoms with Crippen molar-refractivity contribution in [2.45, 2.75) is 50.6 Å². The SMILES string of the molecule is CC[C@H]1N(C(=O)C2[C@H]3COC[C@@H]23)CCC[C@]12CCC(=O)N2C. The number of carbonyl (C=O) groups excluding carboxylic acids is 2. The Morgan fingerprint density at radius 2 is 2.05 bits per heavy atom. The maximum atomic E-state index is 13.0. The smallest absolute Gasteiger partial charge is 0.226 e. The molecule has 0 radical (unpaired) electrons. The molecule has 3 heterocycles. The van der Waals surface area contributed by atoms with E-state index in [-0.39, 0.29) is 23.4 Å². The fraction of sp³-hybridized carbons (Fsp3) is 0.882. The van der Waals surface area contributed by atoms with Gasteiger partial charge in [0.2, 0.25) is 11.8 Å². The first-order chi connectivity index (χ1) is 10.6. The van der Waals surface area contributed by atoms with E-state index in [0.29, 0.717) is 24.2 Å². The average molecular weight is 306 g/mol. The highest BCUT2D eigenvalue weighted by atomic mass is 16.5. The molecular formula is C17H26N2O3. The summed E-state index contributed by atoms with van der Waals surface area (Å²) in [7, 11) is 1.94. The lowest BCUT2D eigenvalue weighted by Crippen LogP contribution is -2.63. The molecule has 22 heavy (non-hydrogen) atoms. The lowest BCUT2D eigenvalue weighted by molar-refractivity contribution is -0.147. The number of hydrogen-bond donors (Lipinski definition) is 0. The number of carbonyl (C=O) groups is 2. The minimum absolute atomic E-state index is 0.111. The van der Waals surface area contributed by atoms with Crippen LogP contribution in [0.4, 0.5) is 0 Å². The zero-order valence-corrected chi connectivity index (χ0v) is 13.6. The maximum Gasteiger partial charge on any atom is 0.226 e. The second-order valence-corrected chi connectivity index (χ2v) is 7.51. The van der Waals surface area contributed by atoms with Gasteiger partial charge in [-0.2, -0.15) is 0 Å². The first-order valence-corrected chi connectivity index (χ1v) is 8.75. The molecule has 0 bridgehead atoms. The number of rotatable bonds is 2. The molecule has 5 heteroatoms. The Bertz CT molecular complexity index is 498. The van der Waals surface area contributed by atoms with E-state index in [1.807, 2.05) is 11.9 Å². The largest absolute Gasteiger partial charge is 0.381 e. The van der Waals surface area contributed by atoms with Crippen molar-refractivity contribution in [1.29, 1.82) is 0 Å². The third kappa shape index (κ3) is 1.81. The lowest BCUT2D eigenvalue weighted by Gasteiger charge is -2.51. The number of piperidine rings is 1. The van der Waals surface area contributed by atoms with E-state index in [0.717, 1.165) is 45.4 Å². The summed E-state index contributed by atoms with van der Waals surface area (Å²) in [6.07, 6.45) is 4.53. The number of ether oxygens (including phenoxy) is 1. The first-order valence-electron chi connectivity index (χ1n) is 8.75. The van der Waals surface area contributed by atoms with Crippen LogP contribution in [0.25, 0.3) is 0 Å². The van der Waals surface area contributed by atoms with Gasteiger partial charge in [0.05, 0.1) is 24.8 Å². The lowest BCUT2D eigenvalue weighted by atomic mass is 9.77. The predicted octanol–water partition coefficient (Wildman–Crippen LogP) is 1.27. The molecule has 5 atom stereocenters. The molecule has 122 valence electrons. The van der Waals surface area contributed by atoms with E-state index < -0.39 is 0 Å². The Hall–Kier alpha value is -1.10. The van der Waals surface area contributed by atoms with E-state index in [1.54, 1.807) is 0 Å². The van der Waals surface area contributed by atoms with E-state index in [9.17, 15) is 9.59 Å². The van der Waals surface area contributed by atoms with Gasteiger partial charge in [0.25, 0.3) is 0 Å². The molecule has 1 unspecified atom stereocenters. The molecule has 4 fully saturated rings. The van der Waals surface area contributed by atoms with E-state index >= 15 is 0 Å². The van der Waals surface area contributed by atoms with Crippen LogP contribution >= 0.6 is 0 Å².